The number of carbonyl (C=O) groups excluding carboxylic acids is 2. The number of nitrogens with zero attached hydrogens (tertiary/aromatic N) is 1. The molecule has 0 aliphatic carbocycles. The minimum Gasteiger partial charge on any atom is -0.497 e. The maximum Gasteiger partial charge on any atom is 0.356 e. The highest BCUT2D eigenvalue weighted by atomic mass is 17.2. The van der Waals surface area contributed by atoms with Crippen molar-refractivity contribution in [2.45, 2.75) is 0 Å². The van der Waals surface area contributed by atoms with E-state index in [1.165, 1.54) is 0 Å². The first kappa shape index (κ1) is 14.6. The van der Waals surface area contributed by atoms with Gasteiger partial charge in [0.2, 0.25) is 0 Å². The highest BCUT2D eigenvalue weighted by Gasteiger charge is 2.19. The van der Waals surface area contributed by atoms with E-state index in [0.29, 0.717) is 11.1 Å². The molecule has 0 spiro atoms. The summed E-state index contributed by atoms with van der Waals surface area (Å²) < 4.78 is 5.06. The van der Waals surface area contributed by atoms with E-state index < -0.39 is 11.9 Å². The first-order chi connectivity index (χ1) is 10.2. The zero-order valence-electron chi connectivity index (χ0n) is 11.1. The van der Waals surface area contributed by atoms with Gasteiger partial charge in [-0.05, 0) is 18.2 Å². The monoisotopic (exact) mass is 289 g/mol. The Kier molecular flexibility index (Phi) is 4.93. The molecule has 0 saturated heterocycles. The zero-order chi connectivity index (χ0) is 15.1. The van der Waals surface area contributed by atoms with E-state index in [1.807, 2.05) is 0 Å². The minimum absolute atomic E-state index is 0.141. The highest BCUT2D eigenvalue weighted by Crippen LogP contribution is 2.11. The molecule has 0 saturated carbocycles. The van der Waals surface area contributed by atoms with Crippen LogP contribution in [0.25, 0.3) is 0 Å². The lowest BCUT2D eigenvalue weighted by atomic mass is 10.2. The molecule has 2 rings (SSSR count). The molecular weight excluding hydrogens is 278 g/mol. The Morgan fingerprint density at radius 1 is 1.19 bits per heavy atom. The Labute approximate surface area is 120 Å². The van der Waals surface area contributed by atoms with E-state index in [9.17, 15) is 9.59 Å². The van der Waals surface area contributed by atoms with Gasteiger partial charge in [0.1, 0.15) is 12.4 Å². The summed E-state index contributed by atoms with van der Waals surface area (Å²) in [5, 5.41) is 0.324. The van der Waals surface area contributed by atoms with Gasteiger partial charge in [0, 0.05) is 17.7 Å². The number of ether oxygens (including phenoxy) is 1. The maximum absolute atomic E-state index is 11.1. The van der Waals surface area contributed by atoms with Crippen LogP contribution in [0.15, 0.2) is 36.4 Å². The van der Waals surface area contributed by atoms with Gasteiger partial charge >= 0.3 is 11.9 Å². The second-order valence-corrected chi connectivity index (χ2v) is 3.68. The van der Waals surface area contributed by atoms with Crippen LogP contribution < -0.4 is 4.74 Å². The van der Waals surface area contributed by atoms with Crippen LogP contribution in [0.4, 0.5) is 0 Å². The van der Waals surface area contributed by atoms with E-state index in [-0.39, 0.29) is 6.61 Å². The number of methoxy groups -OCH3 is 1. The largest absolute Gasteiger partial charge is 0.497 e. The number of hydrogen-bond acceptors (Lipinski definition) is 7. The van der Waals surface area contributed by atoms with Gasteiger partial charge in [0.25, 0.3) is 0 Å². The van der Waals surface area contributed by atoms with Crippen molar-refractivity contribution >= 4 is 11.9 Å². The Hall–Kier alpha value is -2.82. The van der Waals surface area contributed by atoms with Crippen LogP contribution in [0.5, 0.6) is 5.75 Å². The number of hydrogen-bond donors (Lipinski definition) is 0. The molecule has 0 bridgehead atoms. The van der Waals surface area contributed by atoms with Crippen molar-refractivity contribution in [2.24, 2.45) is 0 Å². The van der Waals surface area contributed by atoms with Gasteiger partial charge in [0.05, 0.1) is 7.11 Å². The first-order valence-electron chi connectivity index (χ1n) is 5.85. The maximum atomic E-state index is 11.1. The van der Waals surface area contributed by atoms with Gasteiger partial charge in [0.15, 0.2) is 5.39 Å². The second kappa shape index (κ2) is 7.09. The fraction of sp³-hybridized carbons (Fsp3) is 0.143. The van der Waals surface area contributed by atoms with Crippen molar-refractivity contribution in [1.29, 1.82) is 0 Å². The molecule has 0 amide bonds. The quantitative estimate of drug-likeness (QED) is 0.761. The van der Waals surface area contributed by atoms with E-state index in [2.05, 4.69) is 21.5 Å². The summed E-state index contributed by atoms with van der Waals surface area (Å²) in [6.07, 6.45) is 1.85. The molecule has 1 aliphatic rings. The summed E-state index contributed by atoms with van der Waals surface area (Å²) in [6.45, 7) is -0.141. The first-order valence-corrected chi connectivity index (χ1v) is 5.85. The predicted octanol–water partition coefficient (Wildman–Crippen LogP) is 0.766. The van der Waals surface area contributed by atoms with Crippen LogP contribution in [0.3, 0.4) is 0 Å². The van der Waals surface area contributed by atoms with Crippen LogP contribution in [0, 0.1) is 11.8 Å². The van der Waals surface area contributed by atoms with Crippen molar-refractivity contribution < 1.29 is 28.8 Å². The predicted molar refractivity (Wildman–Crippen MR) is 69.0 cm³/mol. The van der Waals surface area contributed by atoms with Gasteiger partial charge in [-0.2, -0.15) is 0 Å². The summed E-state index contributed by atoms with van der Waals surface area (Å²) in [7, 11) is 1.56. The molecule has 0 unspecified atom stereocenters. The van der Waals surface area contributed by atoms with Gasteiger partial charge in [-0.15, -0.1) is 0 Å². The fourth-order valence-electron chi connectivity index (χ4n) is 1.34. The summed E-state index contributed by atoms with van der Waals surface area (Å²) in [5.74, 6) is 4.60. The Morgan fingerprint density at radius 2 is 1.90 bits per heavy atom. The van der Waals surface area contributed by atoms with Crippen molar-refractivity contribution in [1.82, 2.24) is 5.39 Å². The van der Waals surface area contributed by atoms with Gasteiger partial charge in [-0.25, -0.2) is 14.4 Å². The normalized spacial score (nSPS) is 14.5. The average molecular weight is 289 g/mol. The van der Waals surface area contributed by atoms with Crippen molar-refractivity contribution in [3.63, 3.8) is 0 Å². The standard InChI is InChI=1S/C14H11NO6/c1-18-12-6-2-4-11(10-12)5-3-9-19-15-20-13(16)7-8-14(17)21-15/h2,4,6-8,10H,9H2,1H3. The summed E-state index contributed by atoms with van der Waals surface area (Å²) in [6, 6.07) is 7.15. The van der Waals surface area contributed by atoms with Crippen molar-refractivity contribution in [3.8, 4) is 17.6 Å². The molecule has 7 nitrogen and oxygen atoms in total. The molecular formula is C14H11NO6. The molecule has 1 heterocycles. The van der Waals surface area contributed by atoms with Crippen LogP contribution in [-0.2, 0) is 24.1 Å². The molecule has 7 heteroatoms. The molecule has 0 fully saturated rings. The third kappa shape index (κ3) is 4.65. The van der Waals surface area contributed by atoms with E-state index in [4.69, 9.17) is 9.57 Å². The molecule has 1 aromatic carbocycles. The van der Waals surface area contributed by atoms with Gasteiger partial charge in [-0.1, -0.05) is 17.9 Å². The third-order valence-electron chi connectivity index (χ3n) is 2.23. The van der Waals surface area contributed by atoms with Crippen LogP contribution >= 0.6 is 0 Å². The van der Waals surface area contributed by atoms with Crippen LogP contribution in [0.1, 0.15) is 5.56 Å². The molecule has 0 radical (unpaired) electrons. The molecule has 1 aromatic rings. The molecule has 0 atom stereocenters. The smallest absolute Gasteiger partial charge is 0.356 e. The Balaban J connectivity index is 1.88. The fourth-order valence-corrected chi connectivity index (χ4v) is 1.34. The number of benzene rings is 1. The SMILES string of the molecule is COc1cccc(C#CCON2OC(=O)C=CC(=O)O2)c1. The molecule has 1 aliphatic heterocycles. The Morgan fingerprint density at radius 3 is 2.57 bits per heavy atom. The zero-order valence-corrected chi connectivity index (χ0v) is 11.1. The van der Waals surface area contributed by atoms with Crippen LogP contribution in [0.2, 0.25) is 0 Å². The molecule has 0 N–H and O–H groups in total. The lowest BCUT2D eigenvalue weighted by Gasteiger charge is -2.12. The average Bonchev–Trinajstić information content (AvgIpc) is 2.65. The lowest BCUT2D eigenvalue weighted by molar-refractivity contribution is -0.478. The summed E-state index contributed by atoms with van der Waals surface area (Å²) in [5.41, 5.74) is 0.726. The van der Waals surface area contributed by atoms with E-state index >= 15 is 0 Å². The van der Waals surface area contributed by atoms with Crippen molar-refractivity contribution in [2.75, 3.05) is 13.7 Å². The van der Waals surface area contributed by atoms with Crippen LogP contribution in [-0.4, -0.2) is 31.0 Å². The minimum atomic E-state index is -0.790. The summed E-state index contributed by atoms with van der Waals surface area (Å²) in [4.78, 5) is 36.0. The van der Waals surface area contributed by atoms with E-state index in [1.54, 1.807) is 31.4 Å². The molecule has 108 valence electrons. The lowest BCUT2D eigenvalue weighted by Crippen LogP contribution is -2.27. The van der Waals surface area contributed by atoms with E-state index in [0.717, 1.165) is 17.7 Å². The van der Waals surface area contributed by atoms with Gasteiger partial charge < -0.3 is 14.4 Å². The second-order valence-electron chi connectivity index (χ2n) is 3.68. The third-order valence-corrected chi connectivity index (χ3v) is 2.23. The summed E-state index contributed by atoms with van der Waals surface area (Å²) >= 11 is 0. The van der Waals surface area contributed by atoms with Crippen molar-refractivity contribution in [3.05, 3.63) is 42.0 Å². The highest BCUT2D eigenvalue weighted by molar-refractivity contribution is 5.92. The topological polar surface area (TPSA) is 74.3 Å². The number of carbonyl (C=O) groups is 2. The molecule has 0 aromatic heterocycles. The Bertz CT molecular complexity index is 608. The van der Waals surface area contributed by atoms with Gasteiger partial charge in [-0.3, -0.25) is 0 Å². The molecule has 21 heavy (non-hydrogen) atoms. The number of rotatable bonds is 3.